The average molecular weight is 698 g/mol. The summed E-state index contributed by atoms with van der Waals surface area (Å²) in [6.45, 7) is 10.2. The standard InChI is InChI=1S/C37H40FN7O6/c1-4-37-18-25(51-36(50)43-12-5-6-22(11-13-43)14-24-7-8-29(42-41-24)33(47)39-3)15-23(37)19-44(20-37)31-17-26-21(2)45(35(49)27(26)16-28(31)38)30-9-10-32(46)40-34(30)48/h4,7-8,14,16-17,23,25,30H,1-2,5-6,9-13,15,18-20H2,3H3,(H,39,47)(H,40,46,48)/b22-14-/t23-,25+,30?,37+/m1/s1. The van der Waals surface area contributed by atoms with Crippen molar-refractivity contribution < 1.29 is 33.1 Å². The van der Waals surface area contributed by atoms with E-state index in [2.05, 4.69) is 34.0 Å². The maximum absolute atomic E-state index is 15.7. The number of carbonyl (C=O) groups is 5. The summed E-state index contributed by atoms with van der Waals surface area (Å²) in [4.78, 5) is 67.6. The van der Waals surface area contributed by atoms with Crippen molar-refractivity contribution in [2.75, 3.05) is 38.1 Å². The third kappa shape index (κ3) is 6.27. The molecule has 1 aromatic carbocycles. The van der Waals surface area contributed by atoms with E-state index < -0.39 is 35.0 Å². The highest BCUT2D eigenvalue weighted by Crippen LogP contribution is 2.52. The molecule has 4 aliphatic heterocycles. The largest absolute Gasteiger partial charge is 0.446 e. The molecule has 4 fully saturated rings. The smallest absolute Gasteiger partial charge is 0.410 e. The van der Waals surface area contributed by atoms with E-state index in [0.29, 0.717) is 68.1 Å². The molecule has 13 nitrogen and oxygen atoms in total. The zero-order valence-electron chi connectivity index (χ0n) is 28.5. The molecule has 1 aliphatic carbocycles. The van der Waals surface area contributed by atoms with Gasteiger partial charge in [0.15, 0.2) is 5.69 Å². The number of piperidine rings is 1. The molecule has 0 spiro atoms. The van der Waals surface area contributed by atoms with E-state index in [0.717, 1.165) is 18.4 Å². The molecule has 3 saturated heterocycles. The number of nitrogens with one attached hydrogen (secondary N) is 2. The van der Waals surface area contributed by atoms with E-state index in [-0.39, 0.29) is 48.1 Å². The molecule has 2 N–H and O–H groups in total. The van der Waals surface area contributed by atoms with Crippen molar-refractivity contribution in [2.45, 2.75) is 57.1 Å². The number of aromatic nitrogens is 2. The number of hydrogen-bond donors (Lipinski definition) is 2. The molecular weight excluding hydrogens is 657 g/mol. The number of ether oxygens (including phenoxy) is 1. The van der Waals surface area contributed by atoms with E-state index in [1.165, 1.54) is 18.0 Å². The van der Waals surface area contributed by atoms with Gasteiger partial charge >= 0.3 is 6.09 Å². The minimum atomic E-state index is -0.889. The summed E-state index contributed by atoms with van der Waals surface area (Å²) in [7, 11) is 1.54. The Bertz CT molecular complexity index is 1880. The van der Waals surface area contributed by atoms with Crippen LogP contribution in [0.1, 0.15) is 77.0 Å². The number of halogens is 1. The molecule has 4 atom stereocenters. The Morgan fingerprint density at radius 2 is 1.94 bits per heavy atom. The zero-order chi connectivity index (χ0) is 36.0. The maximum atomic E-state index is 15.7. The lowest BCUT2D eigenvalue weighted by Crippen LogP contribution is -2.52. The second kappa shape index (κ2) is 13.4. The lowest BCUT2D eigenvalue weighted by Gasteiger charge is -2.30. The van der Waals surface area contributed by atoms with Crippen molar-refractivity contribution in [1.82, 2.24) is 30.6 Å². The minimum Gasteiger partial charge on any atom is -0.446 e. The van der Waals surface area contributed by atoms with Gasteiger partial charge in [-0.3, -0.25) is 29.4 Å². The van der Waals surface area contributed by atoms with Crippen molar-refractivity contribution >= 4 is 47.2 Å². The topological polar surface area (TPSA) is 154 Å². The first-order chi connectivity index (χ1) is 24.5. The number of amides is 5. The monoisotopic (exact) mass is 697 g/mol. The molecule has 0 bridgehead atoms. The van der Waals surface area contributed by atoms with E-state index in [1.807, 2.05) is 17.1 Å². The van der Waals surface area contributed by atoms with E-state index in [9.17, 15) is 24.0 Å². The predicted molar refractivity (Wildman–Crippen MR) is 184 cm³/mol. The van der Waals surface area contributed by atoms with E-state index in [1.54, 1.807) is 23.1 Å². The lowest BCUT2D eigenvalue weighted by atomic mass is 9.81. The number of hydrogen-bond acceptors (Lipinski definition) is 9. The second-order valence-electron chi connectivity index (χ2n) is 14.0. The van der Waals surface area contributed by atoms with Crippen LogP contribution in [-0.4, -0.2) is 95.1 Å². The molecule has 5 amide bonds. The molecule has 7 rings (SSSR count). The number of anilines is 1. The summed E-state index contributed by atoms with van der Waals surface area (Å²) in [5.74, 6) is -2.26. The molecular formula is C37H40FN7O6. The lowest BCUT2D eigenvalue weighted by molar-refractivity contribution is -0.136. The van der Waals surface area contributed by atoms with Crippen LogP contribution in [0.25, 0.3) is 11.8 Å². The van der Waals surface area contributed by atoms with Gasteiger partial charge < -0.3 is 19.9 Å². The van der Waals surface area contributed by atoms with Crippen LogP contribution in [0, 0.1) is 17.2 Å². The summed E-state index contributed by atoms with van der Waals surface area (Å²) in [5, 5.41) is 12.9. The van der Waals surface area contributed by atoms with Crippen molar-refractivity contribution in [3.8, 4) is 0 Å². The van der Waals surface area contributed by atoms with Gasteiger partial charge in [-0.25, -0.2) is 9.18 Å². The van der Waals surface area contributed by atoms with Crippen LogP contribution in [0.5, 0.6) is 0 Å². The van der Waals surface area contributed by atoms with Crippen LogP contribution in [0.3, 0.4) is 0 Å². The number of rotatable bonds is 6. The van der Waals surface area contributed by atoms with Gasteiger partial charge in [-0.1, -0.05) is 18.2 Å². The molecule has 5 heterocycles. The summed E-state index contributed by atoms with van der Waals surface area (Å²) in [5.41, 5.74) is 2.88. The van der Waals surface area contributed by atoms with Gasteiger partial charge in [0.05, 0.1) is 16.9 Å². The fourth-order valence-corrected chi connectivity index (χ4v) is 8.24. The van der Waals surface area contributed by atoms with Gasteiger partial charge in [-0.2, -0.15) is 5.10 Å². The Hall–Kier alpha value is -5.40. The Labute approximate surface area is 294 Å². The number of benzene rings is 1. The van der Waals surface area contributed by atoms with Crippen LogP contribution < -0.4 is 15.5 Å². The van der Waals surface area contributed by atoms with Gasteiger partial charge in [0.25, 0.3) is 11.8 Å². The van der Waals surface area contributed by atoms with Crippen molar-refractivity contribution in [2.24, 2.45) is 11.3 Å². The summed E-state index contributed by atoms with van der Waals surface area (Å²) in [6, 6.07) is 5.33. The molecule has 1 saturated carbocycles. The highest BCUT2D eigenvalue weighted by Gasteiger charge is 2.53. The van der Waals surface area contributed by atoms with Gasteiger partial charge in [0.1, 0.15) is 18.0 Å². The molecule has 1 aromatic heterocycles. The maximum Gasteiger partial charge on any atom is 0.410 e. The van der Waals surface area contributed by atoms with Crippen LogP contribution in [0.2, 0.25) is 0 Å². The van der Waals surface area contributed by atoms with Crippen molar-refractivity contribution in [3.05, 3.63) is 77.4 Å². The SMILES string of the molecule is C=C[C@@]12C[C@@H](OC(=O)N3CCC/C(=C/c4ccc(C(=O)NC)nn4)CC3)C[C@@H]1CN(c1cc3c(cc1F)C(=O)N(C1CCC(=O)NC1=O)C3=C)C2. The number of fused-ring (bicyclic) bond motifs is 2. The van der Waals surface area contributed by atoms with Crippen molar-refractivity contribution in [1.29, 1.82) is 0 Å². The quantitative estimate of drug-likeness (QED) is 0.340. The molecule has 14 heteroatoms. The Kier molecular flexibility index (Phi) is 8.94. The van der Waals surface area contributed by atoms with Gasteiger partial charge in [0.2, 0.25) is 11.8 Å². The fraction of sp³-hybridized carbons (Fsp3) is 0.432. The highest BCUT2D eigenvalue weighted by atomic mass is 19.1. The Morgan fingerprint density at radius 3 is 2.65 bits per heavy atom. The first-order valence-corrected chi connectivity index (χ1v) is 17.3. The fourth-order valence-electron chi connectivity index (χ4n) is 8.24. The van der Waals surface area contributed by atoms with Crippen LogP contribution in [0.15, 0.2) is 49.1 Å². The third-order valence-corrected chi connectivity index (χ3v) is 11.0. The predicted octanol–water partition coefficient (Wildman–Crippen LogP) is 3.68. The third-order valence-electron chi connectivity index (χ3n) is 11.0. The molecule has 2 aromatic rings. The normalized spacial score (nSPS) is 26.9. The average Bonchev–Trinajstić information content (AvgIpc) is 3.62. The van der Waals surface area contributed by atoms with Crippen LogP contribution in [-0.2, 0) is 14.3 Å². The number of likely N-dealkylation sites (tertiary alicyclic amines) is 1. The summed E-state index contributed by atoms with van der Waals surface area (Å²) < 4.78 is 21.8. The van der Waals surface area contributed by atoms with Gasteiger partial charge in [-0.15, -0.1) is 11.7 Å². The number of imide groups is 1. The minimum absolute atomic E-state index is 0.0693. The van der Waals surface area contributed by atoms with Gasteiger partial charge in [0, 0.05) is 56.3 Å². The molecule has 1 unspecified atom stereocenters. The van der Waals surface area contributed by atoms with Crippen molar-refractivity contribution in [3.63, 3.8) is 0 Å². The second-order valence-corrected chi connectivity index (χ2v) is 14.0. The van der Waals surface area contributed by atoms with Crippen LogP contribution in [0.4, 0.5) is 14.9 Å². The first kappa shape index (κ1) is 34.1. The number of nitrogens with zero attached hydrogens (tertiary/aromatic N) is 5. The Balaban J connectivity index is 0.972. The van der Waals surface area contributed by atoms with E-state index in [4.69, 9.17) is 4.74 Å². The molecule has 51 heavy (non-hydrogen) atoms. The molecule has 5 aliphatic rings. The zero-order valence-corrected chi connectivity index (χ0v) is 28.5. The van der Waals surface area contributed by atoms with Crippen LogP contribution >= 0.6 is 0 Å². The molecule has 266 valence electrons. The molecule has 0 radical (unpaired) electrons. The Morgan fingerprint density at radius 1 is 1.12 bits per heavy atom. The summed E-state index contributed by atoms with van der Waals surface area (Å²) >= 11 is 0. The first-order valence-electron chi connectivity index (χ1n) is 17.3. The van der Waals surface area contributed by atoms with E-state index >= 15 is 4.39 Å². The summed E-state index contributed by atoms with van der Waals surface area (Å²) in [6.07, 6.45) is 6.90. The number of carbonyl (C=O) groups excluding carboxylic acids is 5. The highest BCUT2D eigenvalue weighted by molar-refractivity contribution is 6.13. The van der Waals surface area contributed by atoms with Gasteiger partial charge in [-0.05, 0) is 74.8 Å².